The van der Waals surface area contributed by atoms with Crippen LogP contribution in [0.15, 0.2) is 41.3 Å². The zero-order valence-electron chi connectivity index (χ0n) is 17.5. The molecule has 1 saturated heterocycles. The fourth-order valence-corrected chi connectivity index (χ4v) is 4.17. The molecule has 188 valence electrons. The Balaban J connectivity index is 1.66. The molecule has 2 atom stereocenters. The molecule has 1 amide bonds. The Morgan fingerprint density at radius 2 is 2.03 bits per heavy atom. The maximum Gasteiger partial charge on any atom is 0.517 e. The lowest BCUT2D eigenvalue weighted by Gasteiger charge is -2.24. The van der Waals surface area contributed by atoms with Gasteiger partial charge in [0.15, 0.2) is 6.23 Å². The number of carbonyl (C=O) groups excluding carboxylic acids is 1. The van der Waals surface area contributed by atoms with Gasteiger partial charge in [-0.3, -0.25) is 19.6 Å². The number of aromatic nitrogens is 2. The number of hydrogen-bond acceptors (Lipinski definition) is 10. The van der Waals surface area contributed by atoms with Gasteiger partial charge in [0.05, 0.1) is 11.5 Å². The van der Waals surface area contributed by atoms with Gasteiger partial charge in [-0.05, 0) is 18.2 Å². The number of nitro benzene ring substituents is 1. The molecular formula is C18H15Cl3N4O9S. The van der Waals surface area contributed by atoms with Crippen LogP contribution in [0.3, 0.4) is 0 Å². The minimum Gasteiger partial charge on any atom is -0.465 e. The molecule has 0 spiro atoms. The van der Waals surface area contributed by atoms with Gasteiger partial charge in [-0.15, -0.1) is 0 Å². The average Bonchev–Trinajstić information content (AvgIpc) is 3.12. The highest BCUT2D eigenvalue weighted by atomic mass is 35.6. The van der Waals surface area contributed by atoms with Gasteiger partial charge in [-0.25, -0.2) is 14.4 Å². The molecule has 0 bridgehead atoms. The molecule has 1 aliphatic heterocycles. The first kappa shape index (κ1) is 26.8. The van der Waals surface area contributed by atoms with Crippen LogP contribution >= 0.6 is 46.6 Å². The number of rotatable bonds is 6. The number of alkyl halides is 3. The van der Waals surface area contributed by atoms with Crippen LogP contribution in [0.1, 0.15) is 13.2 Å². The predicted molar refractivity (Wildman–Crippen MR) is 125 cm³/mol. The second-order valence-electron chi connectivity index (χ2n) is 6.91. The van der Waals surface area contributed by atoms with Gasteiger partial charge in [-0.2, -0.15) is 4.98 Å². The number of anilines is 1. The molecule has 1 aliphatic rings. The number of nitrogens with zero attached hydrogens (tertiary/aromatic N) is 4. The summed E-state index contributed by atoms with van der Waals surface area (Å²) in [5, 5.41) is 18.5. The van der Waals surface area contributed by atoms with Gasteiger partial charge in [0, 0.05) is 31.0 Å². The Kier molecular flexibility index (Phi) is 8.01. The molecule has 35 heavy (non-hydrogen) atoms. The highest BCUT2D eigenvalue weighted by Gasteiger charge is 2.42. The topological polar surface area (TPSA) is 163 Å². The first-order chi connectivity index (χ1) is 16.3. The first-order valence-corrected chi connectivity index (χ1v) is 11.5. The first-order valence-electron chi connectivity index (χ1n) is 9.40. The van der Waals surface area contributed by atoms with Crippen LogP contribution in [-0.4, -0.2) is 53.0 Å². The Morgan fingerprint density at radius 1 is 1.37 bits per heavy atom. The van der Waals surface area contributed by atoms with Gasteiger partial charge >= 0.3 is 17.9 Å². The number of carboxylic acid groups (broad SMARTS) is 1. The number of non-ortho nitro benzene ring substituents is 1. The summed E-state index contributed by atoms with van der Waals surface area (Å²) in [6, 6.07) is 5.98. The van der Waals surface area contributed by atoms with Crippen molar-refractivity contribution in [2.45, 2.75) is 22.1 Å². The van der Waals surface area contributed by atoms with E-state index in [2.05, 4.69) is 4.98 Å². The molecule has 0 unspecified atom stereocenters. The van der Waals surface area contributed by atoms with Crippen molar-refractivity contribution in [3.05, 3.63) is 57.1 Å². The fraction of sp³-hybridized carbons (Fsp3) is 0.333. The molecule has 1 N–H and O–H groups in total. The number of amides is 1. The normalized spacial score (nSPS) is 19.7. The number of halogens is 3. The Bertz CT molecular complexity index is 1190. The van der Waals surface area contributed by atoms with Gasteiger partial charge in [0.25, 0.3) is 10.8 Å². The Morgan fingerprint density at radius 3 is 2.57 bits per heavy atom. The van der Waals surface area contributed by atoms with Crippen LogP contribution in [0, 0.1) is 10.1 Å². The van der Waals surface area contributed by atoms with E-state index >= 15 is 0 Å². The van der Waals surface area contributed by atoms with Crippen molar-refractivity contribution in [1.29, 1.82) is 0 Å². The van der Waals surface area contributed by atoms with Crippen LogP contribution in [-0.2, 0) is 9.47 Å². The summed E-state index contributed by atoms with van der Waals surface area (Å²) in [6.07, 6.45) is -2.30. The molecule has 1 aromatic carbocycles. The lowest BCUT2D eigenvalue weighted by Crippen LogP contribution is -2.39. The highest BCUT2D eigenvalue weighted by molar-refractivity contribution is 8.00. The molecule has 0 aliphatic carbocycles. The molecular weight excluding hydrogens is 555 g/mol. The van der Waals surface area contributed by atoms with E-state index in [0.717, 1.165) is 28.5 Å². The van der Waals surface area contributed by atoms with Crippen LogP contribution in [0.5, 0.6) is 5.75 Å². The third kappa shape index (κ3) is 7.11. The summed E-state index contributed by atoms with van der Waals surface area (Å²) in [7, 11) is 0. The average molecular weight is 570 g/mol. The van der Waals surface area contributed by atoms with Crippen LogP contribution in [0.2, 0.25) is 0 Å². The summed E-state index contributed by atoms with van der Waals surface area (Å²) in [6.45, 7) is 0.858. The predicted octanol–water partition coefficient (Wildman–Crippen LogP) is 4.16. The van der Waals surface area contributed by atoms with Crippen molar-refractivity contribution < 1.29 is 33.8 Å². The number of benzene rings is 1. The molecule has 1 fully saturated rings. The molecule has 3 rings (SSSR count). The molecule has 1 aromatic heterocycles. The van der Waals surface area contributed by atoms with Crippen molar-refractivity contribution in [2.75, 3.05) is 17.2 Å². The fourth-order valence-electron chi connectivity index (χ4n) is 2.83. The van der Waals surface area contributed by atoms with Crippen LogP contribution < -0.4 is 15.3 Å². The minimum absolute atomic E-state index is 0.0117. The third-order valence-electron chi connectivity index (χ3n) is 4.33. The summed E-state index contributed by atoms with van der Waals surface area (Å²) in [5.74, 6) is -0.0852. The second kappa shape index (κ2) is 10.5. The summed E-state index contributed by atoms with van der Waals surface area (Å²) in [4.78, 5) is 50.6. The summed E-state index contributed by atoms with van der Waals surface area (Å²) in [5.41, 5.74) is -1.04. The number of ether oxygens (including phenoxy) is 3. The maximum absolute atomic E-state index is 12.5. The van der Waals surface area contributed by atoms with Crippen molar-refractivity contribution in [2.24, 2.45) is 0 Å². The number of thioether (sulfide) groups is 1. The van der Waals surface area contributed by atoms with Crippen molar-refractivity contribution in [3.8, 4) is 5.75 Å². The van der Waals surface area contributed by atoms with Crippen molar-refractivity contribution in [3.63, 3.8) is 0 Å². The van der Waals surface area contributed by atoms with E-state index in [0.29, 0.717) is 4.90 Å². The van der Waals surface area contributed by atoms with E-state index in [1.54, 1.807) is 0 Å². The quantitative estimate of drug-likeness (QED) is 0.175. The molecule has 2 heterocycles. The van der Waals surface area contributed by atoms with Crippen molar-refractivity contribution >= 4 is 70.3 Å². The van der Waals surface area contributed by atoms with E-state index in [4.69, 9.17) is 49.0 Å². The second-order valence-corrected chi connectivity index (χ2v) is 10.8. The summed E-state index contributed by atoms with van der Waals surface area (Å²) < 4.78 is 15.0. The van der Waals surface area contributed by atoms with Crippen LogP contribution in [0.25, 0.3) is 0 Å². The lowest BCUT2D eigenvalue weighted by atomic mass is 10.3. The molecule has 17 heteroatoms. The van der Waals surface area contributed by atoms with Gasteiger partial charge in [0.2, 0.25) is 3.79 Å². The number of nitro groups is 1. The smallest absolute Gasteiger partial charge is 0.465 e. The molecule has 0 radical (unpaired) electrons. The number of hydrogen-bond donors (Lipinski definition) is 1. The molecule has 13 nitrogen and oxygen atoms in total. The van der Waals surface area contributed by atoms with E-state index in [-0.39, 0.29) is 23.0 Å². The SMILES string of the molecule is C[C@]1(OC(=O)Oc2ccc([N+](=O)[O-])cc2)O[C@H](n2ccc(N(CC(Cl)(Cl)Cl)C(=O)O)nc2=O)CS1. The summed E-state index contributed by atoms with van der Waals surface area (Å²) >= 11 is 18.0. The Hall–Kier alpha value is -2.78. The highest BCUT2D eigenvalue weighted by Crippen LogP contribution is 2.41. The van der Waals surface area contributed by atoms with Crippen molar-refractivity contribution in [1.82, 2.24) is 9.55 Å². The standard InChI is InChI=1S/C18H15Cl3N4O9S/c1-17(34-16(29)32-11-4-2-10(3-5-11)25(30)31)33-13(8-35-17)23-7-6-12(22-14(23)26)24(15(27)28)9-18(19,20)21/h2-7,13H,8-9H2,1H3,(H,27,28)/t13-,17+/m0/s1. The third-order valence-corrected chi connectivity index (χ3v) is 5.84. The lowest BCUT2D eigenvalue weighted by molar-refractivity contribution is -0.384. The van der Waals surface area contributed by atoms with E-state index in [1.807, 2.05) is 0 Å². The maximum atomic E-state index is 12.5. The molecule has 0 saturated carbocycles. The van der Waals surface area contributed by atoms with E-state index in [9.17, 15) is 29.6 Å². The largest absolute Gasteiger partial charge is 0.517 e. The van der Waals surface area contributed by atoms with Gasteiger partial charge < -0.3 is 19.3 Å². The molecule has 2 aromatic rings. The zero-order chi connectivity index (χ0) is 26.0. The van der Waals surface area contributed by atoms with Gasteiger partial charge in [-0.1, -0.05) is 46.6 Å². The van der Waals surface area contributed by atoms with E-state index in [1.165, 1.54) is 31.3 Å². The monoisotopic (exact) mass is 568 g/mol. The Labute approximate surface area is 215 Å². The van der Waals surface area contributed by atoms with Crippen LogP contribution in [0.4, 0.5) is 21.1 Å². The zero-order valence-corrected chi connectivity index (χ0v) is 20.6. The van der Waals surface area contributed by atoms with E-state index < -0.39 is 44.5 Å². The number of carbonyl (C=O) groups is 2. The van der Waals surface area contributed by atoms with Gasteiger partial charge in [0.1, 0.15) is 11.6 Å². The minimum atomic E-state index is -1.94.